The molecule has 0 bridgehead atoms. The number of nitrogens with one attached hydrogen (secondary N) is 3. The number of rotatable bonds is 11. The van der Waals surface area contributed by atoms with Crippen molar-refractivity contribution < 1.29 is 19.3 Å². The summed E-state index contributed by atoms with van der Waals surface area (Å²) in [5.41, 5.74) is 3.86. The molecule has 0 radical (unpaired) electrons. The third-order valence-electron chi connectivity index (χ3n) is 5.09. The standard InChI is InChI=1S/C26H26N6O4/c1-34-23(33)16-18-10-6-8-14-21(18)28-25-30-24(27-20-12-4-3-5-13-20)31-26(32-25)29-22-15-9-7-11-19(22)17-36-35-2/h3-15H,16-17H2,1-2H3,(H3,27,28,29,30,31,32). The van der Waals surface area contributed by atoms with E-state index in [2.05, 4.69) is 30.9 Å². The number of anilines is 6. The van der Waals surface area contributed by atoms with Gasteiger partial charge in [0.05, 0.1) is 20.6 Å². The van der Waals surface area contributed by atoms with Gasteiger partial charge in [0.15, 0.2) is 0 Å². The Hall–Kier alpha value is -4.54. The number of ether oxygens (including phenoxy) is 1. The number of methoxy groups -OCH3 is 1. The number of hydrogen-bond acceptors (Lipinski definition) is 10. The van der Waals surface area contributed by atoms with Crippen LogP contribution in [0.3, 0.4) is 0 Å². The van der Waals surface area contributed by atoms with E-state index >= 15 is 0 Å². The van der Waals surface area contributed by atoms with E-state index in [4.69, 9.17) is 14.5 Å². The lowest BCUT2D eigenvalue weighted by atomic mass is 10.1. The molecule has 0 fully saturated rings. The summed E-state index contributed by atoms with van der Waals surface area (Å²) in [4.78, 5) is 35.4. The molecule has 10 nitrogen and oxygen atoms in total. The molecule has 3 N–H and O–H groups in total. The van der Waals surface area contributed by atoms with Gasteiger partial charge in [0.1, 0.15) is 6.61 Å². The molecule has 0 aliphatic carbocycles. The number of carbonyl (C=O) groups excluding carboxylic acids is 1. The summed E-state index contributed by atoms with van der Waals surface area (Å²) in [7, 11) is 2.82. The van der Waals surface area contributed by atoms with Crippen molar-refractivity contribution in [1.29, 1.82) is 0 Å². The summed E-state index contributed by atoms with van der Waals surface area (Å²) in [6.45, 7) is 0.242. The Balaban J connectivity index is 1.67. The summed E-state index contributed by atoms with van der Waals surface area (Å²) in [5, 5.41) is 9.65. The van der Waals surface area contributed by atoms with E-state index in [9.17, 15) is 4.79 Å². The average Bonchev–Trinajstić information content (AvgIpc) is 2.90. The minimum absolute atomic E-state index is 0.109. The summed E-state index contributed by atoms with van der Waals surface area (Å²) >= 11 is 0. The predicted octanol–water partition coefficient (Wildman–Crippen LogP) is 4.90. The van der Waals surface area contributed by atoms with E-state index in [0.717, 1.165) is 22.5 Å². The molecule has 10 heteroatoms. The molecule has 4 rings (SSSR count). The molecule has 0 unspecified atom stereocenters. The number of nitrogens with zero attached hydrogens (tertiary/aromatic N) is 3. The van der Waals surface area contributed by atoms with Crippen LogP contribution in [0.4, 0.5) is 34.9 Å². The van der Waals surface area contributed by atoms with E-state index in [1.165, 1.54) is 14.2 Å². The van der Waals surface area contributed by atoms with Gasteiger partial charge in [0.25, 0.3) is 0 Å². The molecule has 4 aromatic rings. The lowest BCUT2D eigenvalue weighted by Gasteiger charge is -2.14. The Morgan fingerprint density at radius 2 is 1.22 bits per heavy atom. The van der Waals surface area contributed by atoms with Gasteiger partial charge in [-0.2, -0.15) is 15.0 Å². The minimum atomic E-state index is -0.344. The normalized spacial score (nSPS) is 10.5. The third-order valence-corrected chi connectivity index (χ3v) is 5.09. The van der Waals surface area contributed by atoms with Crippen molar-refractivity contribution in [1.82, 2.24) is 15.0 Å². The second-order valence-corrected chi connectivity index (χ2v) is 7.54. The molecular weight excluding hydrogens is 460 g/mol. The van der Waals surface area contributed by atoms with Gasteiger partial charge in [-0.05, 0) is 29.8 Å². The maximum Gasteiger partial charge on any atom is 0.310 e. The van der Waals surface area contributed by atoms with E-state index in [1.54, 1.807) is 0 Å². The summed E-state index contributed by atoms with van der Waals surface area (Å²) in [6.07, 6.45) is 0.109. The first-order valence-electron chi connectivity index (χ1n) is 11.1. The van der Waals surface area contributed by atoms with Crippen LogP contribution < -0.4 is 16.0 Å². The van der Waals surface area contributed by atoms with Crippen LogP contribution in [0.1, 0.15) is 11.1 Å². The van der Waals surface area contributed by atoms with Crippen molar-refractivity contribution >= 4 is 40.9 Å². The fraction of sp³-hybridized carbons (Fsp3) is 0.154. The summed E-state index contributed by atoms with van der Waals surface area (Å²) < 4.78 is 4.82. The van der Waals surface area contributed by atoms with Crippen molar-refractivity contribution in [3.8, 4) is 0 Å². The Bertz CT molecular complexity index is 1300. The van der Waals surface area contributed by atoms with Crippen LogP contribution in [-0.2, 0) is 32.3 Å². The van der Waals surface area contributed by atoms with Crippen molar-refractivity contribution in [3.05, 3.63) is 90.0 Å². The van der Waals surface area contributed by atoms with E-state index in [-0.39, 0.29) is 24.9 Å². The Kier molecular flexibility index (Phi) is 8.36. The Morgan fingerprint density at radius 3 is 1.83 bits per heavy atom. The highest BCUT2D eigenvalue weighted by molar-refractivity contribution is 5.76. The zero-order valence-electron chi connectivity index (χ0n) is 19.9. The maximum atomic E-state index is 11.9. The summed E-state index contributed by atoms with van der Waals surface area (Å²) in [6, 6.07) is 24.6. The second-order valence-electron chi connectivity index (χ2n) is 7.54. The molecule has 36 heavy (non-hydrogen) atoms. The van der Waals surface area contributed by atoms with Gasteiger partial charge >= 0.3 is 5.97 Å². The molecule has 1 heterocycles. The van der Waals surface area contributed by atoms with Crippen LogP contribution in [0.5, 0.6) is 0 Å². The molecule has 0 spiro atoms. The quantitative estimate of drug-likeness (QED) is 0.153. The number of para-hydroxylation sites is 3. The lowest BCUT2D eigenvalue weighted by molar-refractivity contribution is -0.282. The Morgan fingerprint density at radius 1 is 0.694 bits per heavy atom. The number of carbonyl (C=O) groups is 1. The molecule has 0 saturated carbocycles. The largest absolute Gasteiger partial charge is 0.469 e. The van der Waals surface area contributed by atoms with E-state index < -0.39 is 0 Å². The molecular formula is C26H26N6O4. The highest BCUT2D eigenvalue weighted by Crippen LogP contribution is 2.25. The van der Waals surface area contributed by atoms with Crippen LogP contribution in [0.2, 0.25) is 0 Å². The minimum Gasteiger partial charge on any atom is -0.469 e. The topological polar surface area (TPSA) is 120 Å². The van der Waals surface area contributed by atoms with Crippen LogP contribution in [0.25, 0.3) is 0 Å². The first-order chi connectivity index (χ1) is 17.6. The van der Waals surface area contributed by atoms with Crippen molar-refractivity contribution in [2.45, 2.75) is 13.0 Å². The molecule has 0 aliphatic rings. The summed E-state index contributed by atoms with van der Waals surface area (Å²) in [5.74, 6) is 0.580. The van der Waals surface area contributed by atoms with Gasteiger partial charge in [-0.1, -0.05) is 54.6 Å². The predicted molar refractivity (Wildman–Crippen MR) is 137 cm³/mol. The highest BCUT2D eigenvalue weighted by Gasteiger charge is 2.13. The number of hydrogen-bond donors (Lipinski definition) is 3. The van der Waals surface area contributed by atoms with Gasteiger partial charge in [-0.15, -0.1) is 0 Å². The van der Waals surface area contributed by atoms with Gasteiger partial charge < -0.3 is 20.7 Å². The Labute approximate surface area is 208 Å². The van der Waals surface area contributed by atoms with Crippen molar-refractivity contribution in [3.63, 3.8) is 0 Å². The SMILES string of the molecule is COOCc1ccccc1Nc1nc(Nc2ccccc2)nc(Nc2ccccc2CC(=O)OC)n1. The van der Waals surface area contributed by atoms with E-state index in [1.807, 2.05) is 78.9 Å². The van der Waals surface area contributed by atoms with Gasteiger partial charge in [0, 0.05) is 22.6 Å². The third kappa shape index (κ3) is 6.75. The van der Waals surface area contributed by atoms with Crippen LogP contribution in [-0.4, -0.2) is 35.1 Å². The fourth-order valence-electron chi connectivity index (χ4n) is 3.35. The van der Waals surface area contributed by atoms with Gasteiger partial charge in [-0.3, -0.25) is 4.79 Å². The lowest BCUT2D eigenvalue weighted by Crippen LogP contribution is -2.10. The molecule has 1 aromatic heterocycles. The average molecular weight is 487 g/mol. The molecule has 0 aliphatic heterocycles. The zero-order chi connectivity index (χ0) is 25.2. The first-order valence-corrected chi connectivity index (χ1v) is 11.1. The van der Waals surface area contributed by atoms with Crippen LogP contribution in [0, 0.1) is 0 Å². The number of esters is 1. The molecule has 0 amide bonds. The van der Waals surface area contributed by atoms with Crippen molar-refractivity contribution in [2.75, 3.05) is 30.2 Å². The maximum absolute atomic E-state index is 11.9. The molecule has 0 atom stereocenters. The second kappa shape index (κ2) is 12.2. The monoisotopic (exact) mass is 486 g/mol. The van der Waals surface area contributed by atoms with Crippen molar-refractivity contribution in [2.24, 2.45) is 0 Å². The number of benzene rings is 3. The molecule has 3 aromatic carbocycles. The van der Waals surface area contributed by atoms with Crippen LogP contribution >= 0.6 is 0 Å². The highest BCUT2D eigenvalue weighted by atomic mass is 17.2. The molecule has 184 valence electrons. The van der Waals surface area contributed by atoms with Crippen LogP contribution in [0.15, 0.2) is 78.9 Å². The smallest absolute Gasteiger partial charge is 0.310 e. The van der Waals surface area contributed by atoms with E-state index in [0.29, 0.717) is 17.6 Å². The number of aromatic nitrogens is 3. The fourth-order valence-corrected chi connectivity index (χ4v) is 3.35. The van der Waals surface area contributed by atoms with Gasteiger partial charge in [-0.25, -0.2) is 9.78 Å². The molecule has 0 saturated heterocycles. The first kappa shape index (κ1) is 24.6. The zero-order valence-corrected chi connectivity index (χ0v) is 19.9. The van der Waals surface area contributed by atoms with Gasteiger partial charge in [0.2, 0.25) is 17.8 Å².